The SMILES string of the molecule is CCN(CC)c1ccc(C2C(C(=O)c3cc4cc(Cl)cc(OC)c4o3)=C(O)C(=O)N2c2cccc(OC)c2)cc1. The molecule has 3 aromatic carbocycles. The summed E-state index contributed by atoms with van der Waals surface area (Å²) in [5.74, 6) is -1.13. The number of ether oxygens (including phenoxy) is 2. The molecule has 0 saturated carbocycles. The fourth-order valence-corrected chi connectivity index (χ4v) is 5.33. The van der Waals surface area contributed by atoms with Crippen molar-refractivity contribution in [2.24, 2.45) is 0 Å². The van der Waals surface area contributed by atoms with Gasteiger partial charge in [-0.1, -0.05) is 29.8 Å². The molecule has 8 nitrogen and oxygen atoms in total. The fourth-order valence-electron chi connectivity index (χ4n) is 5.12. The number of hydrogen-bond donors (Lipinski definition) is 1. The summed E-state index contributed by atoms with van der Waals surface area (Å²) >= 11 is 6.21. The Labute approximate surface area is 237 Å². The predicted molar refractivity (Wildman–Crippen MR) is 155 cm³/mol. The first-order valence-corrected chi connectivity index (χ1v) is 13.3. The number of rotatable bonds is 9. The first-order valence-electron chi connectivity index (χ1n) is 12.9. The maximum Gasteiger partial charge on any atom is 0.294 e. The fraction of sp³-hybridized carbons (Fsp3) is 0.226. The van der Waals surface area contributed by atoms with Gasteiger partial charge in [0.05, 0.1) is 25.8 Å². The molecule has 0 saturated heterocycles. The van der Waals surface area contributed by atoms with Gasteiger partial charge < -0.3 is 23.9 Å². The molecular formula is C31H29ClN2O6. The molecule has 1 aromatic heterocycles. The highest BCUT2D eigenvalue weighted by Gasteiger charge is 2.45. The molecule has 206 valence electrons. The number of nitrogens with zero attached hydrogens (tertiary/aromatic N) is 2. The zero-order valence-corrected chi connectivity index (χ0v) is 23.4. The molecule has 0 fully saturated rings. The van der Waals surface area contributed by atoms with E-state index in [-0.39, 0.29) is 11.3 Å². The number of halogens is 1. The lowest BCUT2D eigenvalue weighted by atomic mass is 9.94. The van der Waals surface area contributed by atoms with Gasteiger partial charge in [-0.15, -0.1) is 0 Å². The Morgan fingerprint density at radius 3 is 2.40 bits per heavy atom. The molecule has 0 spiro atoms. The number of aliphatic hydroxyl groups excluding tert-OH is 1. The molecule has 0 radical (unpaired) electrons. The van der Waals surface area contributed by atoms with E-state index in [1.807, 2.05) is 24.3 Å². The number of furan rings is 1. The first-order chi connectivity index (χ1) is 19.3. The summed E-state index contributed by atoms with van der Waals surface area (Å²) in [4.78, 5) is 31.2. The molecule has 9 heteroatoms. The number of benzene rings is 3. The van der Waals surface area contributed by atoms with Crippen molar-refractivity contribution in [1.82, 2.24) is 0 Å². The van der Waals surface area contributed by atoms with E-state index in [0.29, 0.717) is 38.7 Å². The number of fused-ring (bicyclic) bond motifs is 1. The Morgan fingerprint density at radius 1 is 1.02 bits per heavy atom. The van der Waals surface area contributed by atoms with Gasteiger partial charge in [-0.05, 0) is 55.8 Å². The lowest BCUT2D eigenvalue weighted by molar-refractivity contribution is -0.117. The maximum atomic E-state index is 14.0. The average Bonchev–Trinajstić information content (AvgIpc) is 3.52. The third-order valence-corrected chi connectivity index (χ3v) is 7.33. The van der Waals surface area contributed by atoms with E-state index in [1.54, 1.807) is 36.4 Å². The van der Waals surface area contributed by atoms with E-state index in [9.17, 15) is 14.7 Å². The van der Waals surface area contributed by atoms with Crippen molar-refractivity contribution in [3.05, 3.63) is 94.4 Å². The Hall–Kier alpha value is -4.43. The summed E-state index contributed by atoms with van der Waals surface area (Å²) in [5, 5.41) is 12.1. The van der Waals surface area contributed by atoms with Crippen LogP contribution in [0.25, 0.3) is 11.0 Å². The summed E-state index contributed by atoms with van der Waals surface area (Å²) in [5.41, 5.74) is 2.37. The predicted octanol–water partition coefficient (Wildman–Crippen LogP) is 6.73. The lowest BCUT2D eigenvalue weighted by Crippen LogP contribution is -2.31. The number of carbonyl (C=O) groups is 2. The molecule has 40 heavy (non-hydrogen) atoms. The van der Waals surface area contributed by atoms with Gasteiger partial charge in [0.1, 0.15) is 5.75 Å². The van der Waals surface area contributed by atoms with Crippen molar-refractivity contribution in [2.75, 3.05) is 37.1 Å². The molecule has 5 rings (SSSR count). The second-order valence-electron chi connectivity index (χ2n) is 9.27. The zero-order chi connectivity index (χ0) is 28.6. The minimum Gasteiger partial charge on any atom is -0.503 e. The van der Waals surface area contributed by atoms with Gasteiger partial charge in [-0.25, -0.2) is 0 Å². The van der Waals surface area contributed by atoms with Gasteiger partial charge in [0, 0.05) is 47.0 Å². The van der Waals surface area contributed by atoms with Crippen molar-refractivity contribution < 1.29 is 28.6 Å². The molecule has 1 aliphatic heterocycles. The number of anilines is 2. The van der Waals surface area contributed by atoms with Crippen molar-refractivity contribution in [3.8, 4) is 11.5 Å². The highest BCUT2D eigenvalue weighted by atomic mass is 35.5. The van der Waals surface area contributed by atoms with Crippen LogP contribution in [0.15, 0.2) is 82.5 Å². The summed E-state index contributed by atoms with van der Waals surface area (Å²) in [6.45, 7) is 5.81. The molecule has 1 aliphatic rings. The smallest absolute Gasteiger partial charge is 0.294 e. The second kappa shape index (κ2) is 11.0. The Morgan fingerprint density at radius 2 is 1.75 bits per heavy atom. The van der Waals surface area contributed by atoms with Crippen LogP contribution in [0.4, 0.5) is 11.4 Å². The Bertz CT molecular complexity index is 1620. The van der Waals surface area contributed by atoms with E-state index in [2.05, 4.69) is 18.7 Å². The van der Waals surface area contributed by atoms with Gasteiger partial charge in [-0.3, -0.25) is 14.5 Å². The van der Waals surface area contributed by atoms with Crippen LogP contribution in [0.5, 0.6) is 11.5 Å². The molecule has 1 N–H and O–H groups in total. The maximum absolute atomic E-state index is 14.0. The highest BCUT2D eigenvalue weighted by molar-refractivity contribution is 6.31. The van der Waals surface area contributed by atoms with E-state index in [1.165, 1.54) is 25.2 Å². The highest BCUT2D eigenvalue weighted by Crippen LogP contribution is 2.44. The van der Waals surface area contributed by atoms with Gasteiger partial charge >= 0.3 is 0 Å². The van der Waals surface area contributed by atoms with E-state index >= 15 is 0 Å². The van der Waals surface area contributed by atoms with Crippen molar-refractivity contribution in [1.29, 1.82) is 0 Å². The van der Waals surface area contributed by atoms with Crippen molar-refractivity contribution >= 4 is 45.6 Å². The minimum atomic E-state index is -0.920. The summed E-state index contributed by atoms with van der Waals surface area (Å²) in [7, 11) is 3.00. The van der Waals surface area contributed by atoms with Crippen LogP contribution >= 0.6 is 11.6 Å². The number of aliphatic hydroxyl groups is 1. The van der Waals surface area contributed by atoms with Gasteiger partial charge in [0.2, 0.25) is 5.78 Å². The lowest BCUT2D eigenvalue weighted by Gasteiger charge is -2.28. The second-order valence-corrected chi connectivity index (χ2v) is 9.71. The first kappa shape index (κ1) is 27.1. The molecular weight excluding hydrogens is 532 g/mol. The number of amides is 1. The van der Waals surface area contributed by atoms with E-state index in [4.69, 9.17) is 25.5 Å². The Balaban J connectivity index is 1.65. The third kappa shape index (κ3) is 4.64. The van der Waals surface area contributed by atoms with Crippen LogP contribution in [-0.4, -0.2) is 44.1 Å². The Kier molecular flexibility index (Phi) is 7.45. The zero-order valence-electron chi connectivity index (χ0n) is 22.6. The molecule has 0 bridgehead atoms. The summed E-state index contributed by atoms with van der Waals surface area (Å²) < 4.78 is 16.7. The van der Waals surface area contributed by atoms with Crippen molar-refractivity contribution in [2.45, 2.75) is 19.9 Å². The van der Waals surface area contributed by atoms with Gasteiger partial charge in [-0.2, -0.15) is 0 Å². The normalized spacial score (nSPS) is 15.2. The topological polar surface area (TPSA) is 92.5 Å². The largest absolute Gasteiger partial charge is 0.503 e. The summed E-state index contributed by atoms with van der Waals surface area (Å²) in [6.07, 6.45) is 0. The van der Waals surface area contributed by atoms with Crippen LogP contribution < -0.4 is 19.3 Å². The van der Waals surface area contributed by atoms with E-state index in [0.717, 1.165) is 18.8 Å². The molecule has 2 heterocycles. The number of hydrogen-bond acceptors (Lipinski definition) is 7. The van der Waals surface area contributed by atoms with Gasteiger partial charge in [0.15, 0.2) is 22.9 Å². The quantitative estimate of drug-likeness (QED) is 0.227. The van der Waals surface area contributed by atoms with Crippen LogP contribution in [0.3, 0.4) is 0 Å². The molecule has 0 aliphatic carbocycles. The molecule has 1 amide bonds. The third-order valence-electron chi connectivity index (χ3n) is 7.11. The monoisotopic (exact) mass is 560 g/mol. The van der Waals surface area contributed by atoms with Gasteiger partial charge in [0.25, 0.3) is 5.91 Å². The standard InChI is InChI=1S/C31H29ClN2O6/c1-5-33(6-2)21-12-10-18(11-13-21)27-26(29(36)31(37)34(27)22-8-7-9-23(17-22)38-3)28(35)24-15-19-14-20(32)16-25(39-4)30(19)40-24/h7-17,27,36H,5-6H2,1-4H3. The number of ketones is 1. The van der Waals surface area contributed by atoms with Crippen LogP contribution in [-0.2, 0) is 4.79 Å². The van der Waals surface area contributed by atoms with E-state index < -0.39 is 23.5 Å². The number of methoxy groups -OCH3 is 2. The van der Waals surface area contributed by atoms with Crippen LogP contribution in [0.2, 0.25) is 5.02 Å². The van der Waals surface area contributed by atoms with Crippen LogP contribution in [0.1, 0.15) is 36.0 Å². The van der Waals surface area contributed by atoms with Crippen LogP contribution in [0, 0.1) is 0 Å². The average molecular weight is 561 g/mol. The molecule has 4 aromatic rings. The van der Waals surface area contributed by atoms with Crippen molar-refractivity contribution in [3.63, 3.8) is 0 Å². The number of Topliss-reactive ketones (excluding diaryl/α,β-unsaturated/α-hetero) is 1. The minimum absolute atomic E-state index is 0.0535. The summed E-state index contributed by atoms with van der Waals surface area (Å²) in [6, 6.07) is 18.4. The molecule has 1 atom stereocenters. The number of carbonyl (C=O) groups excluding carboxylic acids is 2. The molecule has 1 unspecified atom stereocenters.